The Morgan fingerprint density at radius 1 is 1.33 bits per heavy atom. The lowest BCUT2D eigenvalue weighted by molar-refractivity contribution is 0.240. The van der Waals surface area contributed by atoms with Gasteiger partial charge < -0.3 is 9.47 Å². The Bertz CT molecular complexity index is 674. The van der Waals surface area contributed by atoms with Gasteiger partial charge in [0.25, 0.3) is 0 Å². The van der Waals surface area contributed by atoms with Gasteiger partial charge in [-0.1, -0.05) is 18.7 Å². The van der Waals surface area contributed by atoms with Gasteiger partial charge in [-0.15, -0.1) is 0 Å². The molecule has 0 aliphatic carbocycles. The van der Waals surface area contributed by atoms with Crippen molar-refractivity contribution >= 4 is 0 Å². The van der Waals surface area contributed by atoms with E-state index in [0.717, 1.165) is 28.3 Å². The number of hydrogen-bond donors (Lipinski definition) is 0. The Morgan fingerprint density at radius 2 is 2.12 bits per heavy atom. The molecule has 1 heterocycles. The molecule has 0 saturated heterocycles. The molecule has 0 N–H and O–H groups in total. The van der Waals surface area contributed by atoms with Crippen molar-refractivity contribution in [1.29, 1.82) is 0 Å². The highest BCUT2D eigenvalue weighted by Crippen LogP contribution is 2.33. The maximum absolute atomic E-state index is 5.93. The first-order valence-corrected chi connectivity index (χ1v) is 7.92. The highest BCUT2D eigenvalue weighted by atomic mass is 16.5. The van der Waals surface area contributed by atoms with E-state index in [1.807, 2.05) is 25.1 Å². The first-order chi connectivity index (χ1) is 11.5. The zero-order valence-electron chi connectivity index (χ0n) is 14.8. The van der Waals surface area contributed by atoms with Gasteiger partial charge in [-0.25, -0.2) is 9.97 Å². The molecule has 128 valence electrons. The molecule has 0 radical (unpaired) electrons. The molecule has 24 heavy (non-hydrogen) atoms. The summed E-state index contributed by atoms with van der Waals surface area (Å²) in [5.41, 5.74) is 3.02. The van der Waals surface area contributed by atoms with Crippen LogP contribution in [-0.2, 0) is 6.54 Å². The first-order valence-electron chi connectivity index (χ1n) is 7.92. The minimum absolute atomic E-state index is 0.160. The van der Waals surface area contributed by atoms with Gasteiger partial charge in [0.15, 0.2) is 11.5 Å². The van der Waals surface area contributed by atoms with Crippen molar-refractivity contribution < 1.29 is 9.47 Å². The summed E-state index contributed by atoms with van der Waals surface area (Å²) < 4.78 is 11.4. The maximum Gasteiger partial charge on any atom is 0.166 e. The smallest absolute Gasteiger partial charge is 0.166 e. The summed E-state index contributed by atoms with van der Waals surface area (Å²) in [6.07, 6.45) is 3.34. The van der Waals surface area contributed by atoms with Gasteiger partial charge in [0.2, 0.25) is 0 Å². The van der Waals surface area contributed by atoms with Crippen molar-refractivity contribution in [2.45, 2.75) is 26.4 Å². The number of hydrogen-bond acceptors (Lipinski definition) is 5. The zero-order chi connectivity index (χ0) is 17.5. The first kappa shape index (κ1) is 17.9. The molecular formula is C19H25N3O2. The molecule has 2 aromatic rings. The van der Waals surface area contributed by atoms with Gasteiger partial charge >= 0.3 is 0 Å². The number of methoxy groups -OCH3 is 1. The van der Waals surface area contributed by atoms with Crippen molar-refractivity contribution in [3.63, 3.8) is 0 Å². The number of aromatic nitrogens is 2. The molecule has 2 rings (SSSR count). The summed E-state index contributed by atoms with van der Waals surface area (Å²) >= 11 is 0. The summed E-state index contributed by atoms with van der Waals surface area (Å²) in [5, 5.41) is 0. The van der Waals surface area contributed by atoms with Crippen molar-refractivity contribution in [2.75, 3.05) is 20.8 Å². The van der Waals surface area contributed by atoms with Crippen LogP contribution in [0.2, 0.25) is 0 Å². The highest BCUT2D eigenvalue weighted by Gasteiger charge is 2.17. The molecule has 1 atom stereocenters. The largest absolute Gasteiger partial charge is 0.493 e. The molecule has 0 spiro atoms. The Kier molecular flexibility index (Phi) is 6.32. The molecular weight excluding hydrogens is 302 g/mol. The number of para-hydroxylation sites is 1. The SMILES string of the molecule is C=C(C)COc1c(CN(C)C(C)c2ccncn2)cccc1OC. The highest BCUT2D eigenvalue weighted by molar-refractivity contribution is 5.46. The molecule has 0 aliphatic rings. The van der Waals surface area contributed by atoms with E-state index in [0.29, 0.717) is 13.2 Å². The number of rotatable bonds is 8. The molecule has 0 amide bonds. The van der Waals surface area contributed by atoms with Crippen LogP contribution in [0.5, 0.6) is 11.5 Å². The maximum atomic E-state index is 5.93. The van der Waals surface area contributed by atoms with E-state index in [2.05, 4.69) is 41.5 Å². The van der Waals surface area contributed by atoms with Gasteiger partial charge in [0, 0.05) is 24.3 Å². The summed E-state index contributed by atoms with van der Waals surface area (Å²) in [6, 6.07) is 8.04. The summed E-state index contributed by atoms with van der Waals surface area (Å²) in [4.78, 5) is 10.5. The quantitative estimate of drug-likeness (QED) is 0.693. The molecule has 1 unspecified atom stereocenters. The third kappa shape index (κ3) is 4.55. The molecule has 0 saturated carbocycles. The van der Waals surface area contributed by atoms with E-state index in [4.69, 9.17) is 9.47 Å². The molecule has 0 aliphatic heterocycles. The van der Waals surface area contributed by atoms with Crippen LogP contribution in [0, 0.1) is 0 Å². The second-order valence-corrected chi connectivity index (χ2v) is 5.92. The van der Waals surface area contributed by atoms with E-state index in [1.165, 1.54) is 0 Å². The monoisotopic (exact) mass is 327 g/mol. The van der Waals surface area contributed by atoms with Gasteiger partial charge in [0.05, 0.1) is 12.8 Å². The van der Waals surface area contributed by atoms with Crippen LogP contribution in [0.1, 0.15) is 31.1 Å². The Labute approximate surface area is 144 Å². The van der Waals surface area contributed by atoms with Crippen LogP contribution in [0.3, 0.4) is 0 Å². The van der Waals surface area contributed by atoms with Crippen LogP contribution in [0.4, 0.5) is 0 Å². The van der Waals surface area contributed by atoms with E-state index >= 15 is 0 Å². The topological polar surface area (TPSA) is 47.5 Å². The Balaban J connectivity index is 2.20. The predicted octanol–water partition coefficient (Wildman–Crippen LogP) is 3.63. The molecule has 1 aromatic heterocycles. The number of benzene rings is 1. The Morgan fingerprint density at radius 3 is 2.75 bits per heavy atom. The minimum atomic E-state index is 0.160. The lowest BCUT2D eigenvalue weighted by Gasteiger charge is -2.25. The van der Waals surface area contributed by atoms with Crippen molar-refractivity contribution in [2.24, 2.45) is 0 Å². The Hall–Kier alpha value is -2.40. The van der Waals surface area contributed by atoms with Crippen molar-refractivity contribution in [3.8, 4) is 11.5 Å². The average molecular weight is 327 g/mol. The fourth-order valence-corrected chi connectivity index (χ4v) is 2.39. The fourth-order valence-electron chi connectivity index (χ4n) is 2.39. The summed E-state index contributed by atoms with van der Waals surface area (Å²) in [5.74, 6) is 1.50. The van der Waals surface area contributed by atoms with E-state index < -0.39 is 0 Å². The van der Waals surface area contributed by atoms with Crippen LogP contribution < -0.4 is 9.47 Å². The van der Waals surface area contributed by atoms with Crippen molar-refractivity contribution in [3.05, 3.63) is 60.2 Å². The molecule has 0 fully saturated rings. The fraction of sp³-hybridized carbons (Fsp3) is 0.368. The van der Waals surface area contributed by atoms with E-state index in [-0.39, 0.29) is 6.04 Å². The van der Waals surface area contributed by atoms with E-state index in [1.54, 1.807) is 19.6 Å². The van der Waals surface area contributed by atoms with Gasteiger partial charge in [-0.3, -0.25) is 4.90 Å². The third-order valence-corrected chi connectivity index (χ3v) is 3.86. The van der Waals surface area contributed by atoms with Crippen molar-refractivity contribution in [1.82, 2.24) is 14.9 Å². The second kappa shape index (κ2) is 8.45. The molecule has 5 nitrogen and oxygen atoms in total. The number of ether oxygens (including phenoxy) is 2. The average Bonchev–Trinajstić information content (AvgIpc) is 2.60. The van der Waals surface area contributed by atoms with Crippen LogP contribution in [-0.4, -0.2) is 35.6 Å². The molecule has 5 heteroatoms. The molecule has 0 bridgehead atoms. The van der Waals surface area contributed by atoms with Crippen LogP contribution >= 0.6 is 0 Å². The lowest BCUT2D eigenvalue weighted by Crippen LogP contribution is -2.23. The zero-order valence-corrected chi connectivity index (χ0v) is 14.8. The van der Waals surface area contributed by atoms with Crippen LogP contribution in [0.15, 0.2) is 48.9 Å². The second-order valence-electron chi connectivity index (χ2n) is 5.92. The minimum Gasteiger partial charge on any atom is -0.493 e. The van der Waals surface area contributed by atoms with Gasteiger partial charge in [-0.2, -0.15) is 0 Å². The number of nitrogens with zero attached hydrogens (tertiary/aromatic N) is 3. The van der Waals surface area contributed by atoms with Crippen LogP contribution in [0.25, 0.3) is 0 Å². The standard InChI is InChI=1S/C19H25N3O2/c1-14(2)12-24-19-16(7-6-8-18(19)23-5)11-22(4)15(3)17-9-10-20-13-21-17/h6-10,13,15H,1,11-12H2,2-5H3. The van der Waals surface area contributed by atoms with Gasteiger partial charge in [-0.05, 0) is 38.6 Å². The normalized spacial score (nSPS) is 12.0. The van der Waals surface area contributed by atoms with Gasteiger partial charge in [0.1, 0.15) is 12.9 Å². The predicted molar refractivity (Wildman–Crippen MR) is 95.2 cm³/mol. The van der Waals surface area contributed by atoms with E-state index in [9.17, 15) is 0 Å². The third-order valence-electron chi connectivity index (χ3n) is 3.86. The molecule has 1 aromatic carbocycles. The lowest BCUT2D eigenvalue weighted by atomic mass is 10.1. The summed E-state index contributed by atoms with van der Waals surface area (Å²) in [6.45, 7) is 9.15. The summed E-state index contributed by atoms with van der Waals surface area (Å²) in [7, 11) is 3.72.